The van der Waals surface area contributed by atoms with Gasteiger partial charge in [-0.2, -0.15) is 10.2 Å². The maximum atomic E-state index is 10.1. The second-order valence-electron chi connectivity index (χ2n) is 7.52. The highest BCUT2D eigenvalue weighted by Gasteiger charge is 2.20. The van der Waals surface area contributed by atoms with Crippen molar-refractivity contribution in [1.29, 1.82) is 0 Å². The van der Waals surface area contributed by atoms with Gasteiger partial charge in [0.2, 0.25) is 0 Å². The summed E-state index contributed by atoms with van der Waals surface area (Å²) in [5, 5.41) is 18.4. The quantitative estimate of drug-likeness (QED) is 0.335. The first-order valence-electron chi connectivity index (χ1n) is 8.93. The van der Waals surface area contributed by atoms with Gasteiger partial charge in [0.15, 0.2) is 5.72 Å². The molecule has 0 aliphatic heterocycles. The zero-order chi connectivity index (χ0) is 16.2. The van der Waals surface area contributed by atoms with Gasteiger partial charge in [-0.1, -0.05) is 64.7 Å². The fourth-order valence-corrected chi connectivity index (χ4v) is 2.26. The van der Waals surface area contributed by atoms with Crippen molar-refractivity contribution in [3.8, 4) is 0 Å². The first kappa shape index (κ1) is 20.6. The molecule has 0 aromatic heterocycles. The SMILES string of the molecule is CCCCCCCCCCCCC(C)(O)N=NC(C)(C)C. The highest BCUT2D eigenvalue weighted by Crippen LogP contribution is 2.20. The minimum atomic E-state index is -0.993. The van der Waals surface area contributed by atoms with Gasteiger partial charge in [-0.05, 0) is 40.5 Å². The Kier molecular flexibility index (Phi) is 10.9. The van der Waals surface area contributed by atoms with Gasteiger partial charge in [0.05, 0.1) is 5.54 Å². The van der Waals surface area contributed by atoms with Crippen molar-refractivity contribution in [3.63, 3.8) is 0 Å². The lowest BCUT2D eigenvalue weighted by molar-refractivity contribution is 0.0468. The van der Waals surface area contributed by atoms with E-state index in [0.717, 1.165) is 6.42 Å². The molecule has 3 nitrogen and oxygen atoms in total. The maximum Gasteiger partial charge on any atom is 0.173 e. The predicted octanol–water partition coefficient (Wildman–Crippen LogP) is 6.26. The van der Waals surface area contributed by atoms with Gasteiger partial charge in [-0.3, -0.25) is 0 Å². The molecular weight excluding hydrogens is 260 g/mol. The first-order valence-corrected chi connectivity index (χ1v) is 8.93. The van der Waals surface area contributed by atoms with Gasteiger partial charge < -0.3 is 5.11 Å². The van der Waals surface area contributed by atoms with E-state index >= 15 is 0 Å². The summed E-state index contributed by atoms with van der Waals surface area (Å²) in [4.78, 5) is 0. The molecule has 0 heterocycles. The molecule has 0 aromatic carbocycles. The van der Waals surface area contributed by atoms with Crippen LogP contribution in [-0.4, -0.2) is 16.4 Å². The zero-order valence-corrected chi connectivity index (χ0v) is 15.1. The monoisotopic (exact) mass is 298 g/mol. The zero-order valence-electron chi connectivity index (χ0n) is 15.1. The summed E-state index contributed by atoms with van der Waals surface area (Å²) < 4.78 is 0. The normalized spacial score (nSPS) is 15.5. The average molecular weight is 299 g/mol. The van der Waals surface area contributed by atoms with Crippen LogP contribution in [0.3, 0.4) is 0 Å². The van der Waals surface area contributed by atoms with Crippen LogP contribution >= 0.6 is 0 Å². The number of aliphatic hydroxyl groups is 1. The standard InChI is InChI=1S/C18H38N2O/c1-6-7-8-9-10-11-12-13-14-15-16-18(5,21)20-19-17(2,3)4/h21H,6-16H2,1-5H3. The van der Waals surface area contributed by atoms with E-state index in [1.165, 1.54) is 57.8 Å². The fraction of sp³-hybridized carbons (Fsp3) is 1.00. The second kappa shape index (κ2) is 11.2. The van der Waals surface area contributed by atoms with Crippen LogP contribution in [0.25, 0.3) is 0 Å². The van der Waals surface area contributed by atoms with Crippen LogP contribution in [0.15, 0.2) is 10.2 Å². The summed E-state index contributed by atoms with van der Waals surface area (Å²) in [5.41, 5.74) is -1.20. The molecule has 0 saturated carbocycles. The summed E-state index contributed by atoms with van der Waals surface area (Å²) >= 11 is 0. The summed E-state index contributed by atoms with van der Waals surface area (Å²) in [5.74, 6) is 0. The molecule has 126 valence electrons. The van der Waals surface area contributed by atoms with Crippen molar-refractivity contribution in [1.82, 2.24) is 0 Å². The van der Waals surface area contributed by atoms with Crippen molar-refractivity contribution in [2.45, 2.75) is 117 Å². The Bertz CT molecular complexity index is 267. The third-order valence-corrected chi connectivity index (χ3v) is 3.57. The van der Waals surface area contributed by atoms with Crippen LogP contribution in [0.5, 0.6) is 0 Å². The highest BCUT2D eigenvalue weighted by atomic mass is 16.3. The Balaban J connectivity index is 3.51. The van der Waals surface area contributed by atoms with Crippen LogP contribution in [-0.2, 0) is 0 Å². The third kappa shape index (κ3) is 15.8. The minimum Gasteiger partial charge on any atom is -0.368 e. The fourth-order valence-electron chi connectivity index (χ4n) is 2.26. The molecule has 0 radical (unpaired) electrons. The molecule has 3 heteroatoms. The van der Waals surface area contributed by atoms with Gasteiger partial charge in [-0.25, -0.2) is 0 Å². The molecular formula is C18H38N2O. The van der Waals surface area contributed by atoms with Crippen molar-refractivity contribution in [2.75, 3.05) is 0 Å². The Morgan fingerprint density at radius 3 is 1.52 bits per heavy atom. The number of rotatable bonds is 12. The van der Waals surface area contributed by atoms with Crippen LogP contribution in [0, 0.1) is 0 Å². The Hall–Kier alpha value is -0.440. The summed E-state index contributed by atoms with van der Waals surface area (Å²) in [6.07, 6.45) is 13.8. The summed E-state index contributed by atoms with van der Waals surface area (Å²) in [6, 6.07) is 0. The molecule has 0 saturated heterocycles. The predicted molar refractivity (Wildman–Crippen MR) is 91.7 cm³/mol. The molecule has 0 amide bonds. The lowest BCUT2D eigenvalue weighted by atomic mass is 10.0. The van der Waals surface area contributed by atoms with E-state index in [0.29, 0.717) is 6.42 Å². The van der Waals surface area contributed by atoms with Crippen molar-refractivity contribution in [3.05, 3.63) is 0 Å². The number of hydrogen-bond donors (Lipinski definition) is 1. The Labute approximate surface area is 132 Å². The molecule has 0 rings (SSSR count). The van der Waals surface area contributed by atoms with E-state index in [-0.39, 0.29) is 5.54 Å². The van der Waals surface area contributed by atoms with Gasteiger partial charge in [0, 0.05) is 0 Å². The molecule has 1 N–H and O–H groups in total. The minimum absolute atomic E-state index is 0.207. The molecule has 21 heavy (non-hydrogen) atoms. The average Bonchev–Trinajstić information content (AvgIpc) is 2.38. The van der Waals surface area contributed by atoms with E-state index in [1.807, 2.05) is 20.8 Å². The molecule has 0 aromatic rings. The van der Waals surface area contributed by atoms with Gasteiger partial charge in [0.25, 0.3) is 0 Å². The molecule has 0 aliphatic rings. The third-order valence-electron chi connectivity index (χ3n) is 3.57. The van der Waals surface area contributed by atoms with E-state index in [9.17, 15) is 5.11 Å². The number of unbranched alkanes of at least 4 members (excludes halogenated alkanes) is 9. The van der Waals surface area contributed by atoms with E-state index in [4.69, 9.17) is 0 Å². The molecule has 1 unspecified atom stereocenters. The highest BCUT2D eigenvalue weighted by molar-refractivity contribution is 4.72. The second-order valence-corrected chi connectivity index (χ2v) is 7.52. The van der Waals surface area contributed by atoms with Gasteiger partial charge >= 0.3 is 0 Å². The number of hydrogen-bond acceptors (Lipinski definition) is 3. The van der Waals surface area contributed by atoms with Crippen molar-refractivity contribution in [2.24, 2.45) is 10.2 Å². The lowest BCUT2D eigenvalue weighted by Crippen LogP contribution is -2.22. The molecule has 0 bridgehead atoms. The topological polar surface area (TPSA) is 45.0 Å². The van der Waals surface area contributed by atoms with E-state index in [2.05, 4.69) is 17.2 Å². The smallest absolute Gasteiger partial charge is 0.173 e. The van der Waals surface area contributed by atoms with Gasteiger partial charge in [0.1, 0.15) is 0 Å². The first-order chi connectivity index (χ1) is 9.77. The number of nitrogens with zero attached hydrogens (tertiary/aromatic N) is 2. The lowest BCUT2D eigenvalue weighted by Gasteiger charge is -2.19. The maximum absolute atomic E-state index is 10.1. The van der Waals surface area contributed by atoms with Gasteiger partial charge in [-0.15, -0.1) is 0 Å². The molecule has 0 fully saturated rings. The Morgan fingerprint density at radius 2 is 1.10 bits per heavy atom. The van der Waals surface area contributed by atoms with Crippen LogP contribution in [0.1, 0.15) is 105 Å². The van der Waals surface area contributed by atoms with E-state index < -0.39 is 5.72 Å². The molecule has 0 spiro atoms. The Morgan fingerprint density at radius 1 is 0.667 bits per heavy atom. The van der Waals surface area contributed by atoms with E-state index in [1.54, 1.807) is 6.92 Å². The van der Waals surface area contributed by atoms with Crippen LogP contribution < -0.4 is 0 Å². The summed E-state index contributed by atoms with van der Waals surface area (Å²) in [7, 11) is 0. The summed E-state index contributed by atoms with van der Waals surface area (Å²) in [6.45, 7) is 10.00. The molecule has 0 aliphatic carbocycles. The number of azo groups is 1. The largest absolute Gasteiger partial charge is 0.368 e. The van der Waals surface area contributed by atoms with Crippen molar-refractivity contribution >= 4 is 0 Å². The van der Waals surface area contributed by atoms with Crippen molar-refractivity contribution < 1.29 is 5.11 Å². The van der Waals surface area contributed by atoms with Crippen LogP contribution in [0.4, 0.5) is 0 Å². The molecule has 1 atom stereocenters. The van der Waals surface area contributed by atoms with Crippen LogP contribution in [0.2, 0.25) is 0 Å².